The van der Waals surface area contributed by atoms with Crippen molar-refractivity contribution in [1.29, 1.82) is 0 Å². The maximum Gasteiger partial charge on any atom is 0.150 e. The minimum absolute atomic E-state index is 0.764. The van der Waals surface area contributed by atoms with E-state index in [9.17, 15) is 4.79 Å². The van der Waals surface area contributed by atoms with Crippen LogP contribution < -0.4 is 4.90 Å². The third-order valence-corrected chi connectivity index (χ3v) is 2.74. The normalized spacial score (nSPS) is 17.6. The number of carbonyl (C=O) groups is 1. The van der Waals surface area contributed by atoms with E-state index < -0.39 is 0 Å². The van der Waals surface area contributed by atoms with Gasteiger partial charge in [0.25, 0.3) is 0 Å². The van der Waals surface area contributed by atoms with Crippen LogP contribution in [-0.4, -0.2) is 32.6 Å². The zero-order valence-electron chi connectivity index (χ0n) is 8.74. The summed E-state index contributed by atoms with van der Waals surface area (Å²) in [5.41, 5.74) is 2.00. The lowest BCUT2D eigenvalue weighted by atomic mass is 10.1. The predicted octanol–water partition coefficient (Wildman–Crippen LogP) is -0.0858. The van der Waals surface area contributed by atoms with Gasteiger partial charge in [0.15, 0.2) is 0 Å². The Morgan fingerprint density at radius 2 is 2.13 bits per heavy atom. The maximum atomic E-state index is 10.6. The van der Waals surface area contributed by atoms with Gasteiger partial charge in [0.2, 0.25) is 0 Å². The monoisotopic (exact) mass is 206 g/mol. The summed E-state index contributed by atoms with van der Waals surface area (Å²) < 4.78 is 5.31. The topological polar surface area (TPSA) is 30.7 Å². The van der Waals surface area contributed by atoms with E-state index in [-0.39, 0.29) is 0 Å². The number of aldehydes is 1. The second-order valence-electron chi connectivity index (χ2n) is 3.90. The molecule has 1 heterocycles. The first kappa shape index (κ1) is 10.3. The summed E-state index contributed by atoms with van der Waals surface area (Å²) in [5.74, 6) is 0. The van der Waals surface area contributed by atoms with Crippen LogP contribution in [0, 0.1) is 0 Å². The fourth-order valence-corrected chi connectivity index (χ4v) is 1.90. The highest BCUT2D eigenvalue weighted by molar-refractivity contribution is 5.74. The van der Waals surface area contributed by atoms with Crippen LogP contribution in [0.4, 0.5) is 0 Å². The first-order chi connectivity index (χ1) is 7.38. The SMILES string of the molecule is O=Cc1cccc(C[NH+]2CCOCC2)c1. The van der Waals surface area contributed by atoms with Gasteiger partial charge in [0.05, 0.1) is 13.2 Å². The van der Waals surface area contributed by atoms with Gasteiger partial charge in [-0.3, -0.25) is 4.79 Å². The van der Waals surface area contributed by atoms with Crippen LogP contribution in [0.25, 0.3) is 0 Å². The van der Waals surface area contributed by atoms with Gasteiger partial charge in [-0.1, -0.05) is 18.2 Å². The molecular weight excluding hydrogens is 190 g/mol. The molecule has 1 aliphatic rings. The minimum atomic E-state index is 0.764. The molecule has 0 bridgehead atoms. The molecule has 1 aromatic carbocycles. The van der Waals surface area contributed by atoms with Gasteiger partial charge in [-0.2, -0.15) is 0 Å². The van der Waals surface area contributed by atoms with E-state index in [1.165, 1.54) is 10.5 Å². The number of nitrogens with one attached hydrogen (secondary N) is 1. The van der Waals surface area contributed by atoms with Gasteiger partial charge in [-0.15, -0.1) is 0 Å². The molecule has 0 aromatic heterocycles. The quantitative estimate of drug-likeness (QED) is 0.701. The molecule has 0 saturated carbocycles. The molecule has 80 valence electrons. The Bertz CT molecular complexity index is 332. The third-order valence-electron chi connectivity index (χ3n) is 2.74. The fraction of sp³-hybridized carbons (Fsp3) is 0.417. The molecule has 3 nitrogen and oxygen atoms in total. The lowest BCUT2D eigenvalue weighted by Gasteiger charge is -2.23. The lowest BCUT2D eigenvalue weighted by molar-refractivity contribution is -0.921. The molecule has 0 unspecified atom stereocenters. The summed E-state index contributed by atoms with van der Waals surface area (Å²) in [6.45, 7) is 4.81. The summed E-state index contributed by atoms with van der Waals surface area (Å²) in [6.07, 6.45) is 0.901. The summed E-state index contributed by atoms with van der Waals surface area (Å²) in [4.78, 5) is 12.2. The molecule has 2 rings (SSSR count). The number of carbonyl (C=O) groups excluding carboxylic acids is 1. The largest absolute Gasteiger partial charge is 0.370 e. The van der Waals surface area contributed by atoms with E-state index in [0.717, 1.165) is 44.7 Å². The van der Waals surface area contributed by atoms with E-state index in [1.807, 2.05) is 18.2 Å². The number of rotatable bonds is 3. The molecule has 1 aromatic rings. The first-order valence-electron chi connectivity index (χ1n) is 5.34. The minimum Gasteiger partial charge on any atom is -0.370 e. The first-order valence-corrected chi connectivity index (χ1v) is 5.34. The Hall–Kier alpha value is -1.19. The highest BCUT2D eigenvalue weighted by Gasteiger charge is 2.13. The summed E-state index contributed by atoms with van der Waals surface area (Å²) >= 11 is 0. The number of hydrogen-bond donors (Lipinski definition) is 1. The fourth-order valence-electron chi connectivity index (χ4n) is 1.90. The molecule has 1 fully saturated rings. The lowest BCUT2D eigenvalue weighted by Crippen LogP contribution is -3.12. The van der Waals surface area contributed by atoms with Crippen molar-refractivity contribution in [2.45, 2.75) is 6.54 Å². The predicted molar refractivity (Wildman–Crippen MR) is 57.0 cm³/mol. The Morgan fingerprint density at radius 1 is 1.33 bits per heavy atom. The standard InChI is InChI=1S/C12H15NO2/c14-10-12-3-1-2-11(8-12)9-13-4-6-15-7-5-13/h1-3,8,10H,4-7,9H2/p+1. The van der Waals surface area contributed by atoms with Crippen LogP contribution >= 0.6 is 0 Å². The molecule has 0 atom stereocenters. The Kier molecular flexibility index (Phi) is 3.48. The highest BCUT2D eigenvalue weighted by atomic mass is 16.5. The molecule has 15 heavy (non-hydrogen) atoms. The van der Waals surface area contributed by atoms with Gasteiger partial charge >= 0.3 is 0 Å². The van der Waals surface area contributed by atoms with Gasteiger partial charge in [0.1, 0.15) is 25.9 Å². The third kappa shape index (κ3) is 2.88. The summed E-state index contributed by atoms with van der Waals surface area (Å²) in [6, 6.07) is 7.83. The van der Waals surface area contributed by atoms with Gasteiger partial charge in [-0.05, 0) is 6.07 Å². The molecule has 0 amide bonds. The van der Waals surface area contributed by atoms with Crippen LogP contribution in [0.1, 0.15) is 15.9 Å². The van der Waals surface area contributed by atoms with E-state index in [2.05, 4.69) is 6.07 Å². The van der Waals surface area contributed by atoms with Crippen molar-refractivity contribution in [3.05, 3.63) is 35.4 Å². The van der Waals surface area contributed by atoms with Crippen molar-refractivity contribution in [3.63, 3.8) is 0 Å². The van der Waals surface area contributed by atoms with Crippen LogP contribution in [0.15, 0.2) is 24.3 Å². The number of quaternary nitrogens is 1. The van der Waals surface area contributed by atoms with Crippen molar-refractivity contribution >= 4 is 6.29 Å². The van der Waals surface area contributed by atoms with Crippen molar-refractivity contribution in [2.75, 3.05) is 26.3 Å². The van der Waals surface area contributed by atoms with E-state index >= 15 is 0 Å². The second kappa shape index (κ2) is 5.05. The molecule has 0 aliphatic carbocycles. The van der Waals surface area contributed by atoms with Crippen molar-refractivity contribution in [2.24, 2.45) is 0 Å². The number of benzene rings is 1. The van der Waals surface area contributed by atoms with Gasteiger partial charge in [-0.25, -0.2) is 0 Å². The average Bonchev–Trinajstić information content (AvgIpc) is 2.31. The zero-order chi connectivity index (χ0) is 10.5. The average molecular weight is 206 g/mol. The van der Waals surface area contributed by atoms with Gasteiger partial charge in [0, 0.05) is 11.1 Å². The summed E-state index contributed by atoms with van der Waals surface area (Å²) in [5, 5.41) is 0. The van der Waals surface area contributed by atoms with Crippen molar-refractivity contribution in [3.8, 4) is 0 Å². The Morgan fingerprint density at radius 3 is 2.87 bits per heavy atom. The molecule has 1 aliphatic heterocycles. The molecule has 1 saturated heterocycles. The van der Waals surface area contributed by atoms with E-state index in [0.29, 0.717) is 0 Å². The number of hydrogen-bond acceptors (Lipinski definition) is 2. The van der Waals surface area contributed by atoms with Crippen molar-refractivity contribution in [1.82, 2.24) is 0 Å². The van der Waals surface area contributed by atoms with Crippen LogP contribution in [0.2, 0.25) is 0 Å². The highest BCUT2D eigenvalue weighted by Crippen LogP contribution is 2.01. The number of morpholine rings is 1. The van der Waals surface area contributed by atoms with Crippen LogP contribution in [0.5, 0.6) is 0 Å². The maximum absolute atomic E-state index is 10.6. The van der Waals surface area contributed by atoms with Gasteiger partial charge < -0.3 is 9.64 Å². The molecule has 0 radical (unpaired) electrons. The number of ether oxygens (including phenoxy) is 1. The molecule has 1 N–H and O–H groups in total. The van der Waals surface area contributed by atoms with Crippen molar-refractivity contribution < 1.29 is 14.4 Å². The molecule has 0 spiro atoms. The Labute approximate surface area is 89.7 Å². The summed E-state index contributed by atoms with van der Waals surface area (Å²) in [7, 11) is 0. The van der Waals surface area contributed by atoms with E-state index in [4.69, 9.17) is 4.74 Å². The van der Waals surface area contributed by atoms with Crippen LogP contribution in [-0.2, 0) is 11.3 Å². The van der Waals surface area contributed by atoms with Crippen LogP contribution in [0.3, 0.4) is 0 Å². The smallest absolute Gasteiger partial charge is 0.150 e. The second-order valence-corrected chi connectivity index (χ2v) is 3.90. The molecular formula is C12H16NO2+. The Balaban J connectivity index is 1.99. The zero-order valence-corrected chi connectivity index (χ0v) is 8.74. The van der Waals surface area contributed by atoms with E-state index in [1.54, 1.807) is 0 Å². The molecule has 3 heteroatoms.